The number of aromatic nitrogens is 2. The molecule has 0 bridgehead atoms. The number of hydrogen-bond donors (Lipinski definition) is 0. The van der Waals surface area contributed by atoms with Crippen LogP contribution in [0.4, 0.5) is 0 Å². The molecule has 1 aromatic heterocycles. The van der Waals surface area contributed by atoms with Gasteiger partial charge in [0.25, 0.3) is 0 Å². The van der Waals surface area contributed by atoms with Crippen LogP contribution in [-0.2, 0) is 13.2 Å². The van der Waals surface area contributed by atoms with Crippen LogP contribution in [0.2, 0.25) is 0 Å². The first-order chi connectivity index (χ1) is 12.8. The van der Waals surface area contributed by atoms with Gasteiger partial charge in [0.2, 0.25) is 0 Å². The second-order valence-corrected chi connectivity index (χ2v) is 9.91. The third-order valence-electron chi connectivity index (χ3n) is 4.89. The summed E-state index contributed by atoms with van der Waals surface area (Å²) >= 11 is 0. The molecule has 0 spiro atoms. The summed E-state index contributed by atoms with van der Waals surface area (Å²) in [6.45, 7) is 0. The van der Waals surface area contributed by atoms with Crippen molar-refractivity contribution >= 4 is 23.2 Å². The fourth-order valence-electron chi connectivity index (χ4n) is 3.53. The van der Waals surface area contributed by atoms with Crippen LogP contribution in [0.1, 0.15) is 5.82 Å². The van der Waals surface area contributed by atoms with E-state index in [0.717, 1.165) is 12.0 Å². The largest absolute Gasteiger partial charge is 1.00 e. The van der Waals surface area contributed by atoms with Crippen molar-refractivity contribution in [2.45, 2.75) is 6.16 Å². The monoisotopic (exact) mass is 392 g/mol. The first-order valence-electron chi connectivity index (χ1n) is 8.82. The van der Waals surface area contributed by atoms with Crippen molar-refractivity contribution in [2.24, 2.45) is 7.05 Å². The van der Waals surface area contributed by atoms with E-state index < -0.39 is 7.26 Å². The zero-order valence-corrected chi connectivity index (χ0v) is 16.9. The maximum Gasteiger partial charge on any atom is 0.147 e. The maximum atomic E-state index is 4.67. The summed E-state index contributed by atoms with van der Waals surface area (Å²) < 4.78 is 2.14. The van der Waals surface area contributed by atoms with Gasteiger partial charge < -0.3 is 17.0 Å². The Hall–Kier alpha value is -2.41. The highest BCUT2D eigenvalue weighted by atomic mass is 35.5. The molecule has 0 aliphatic carbocycles. The third kappa shape index (κ3) is 3.69. The molecule has 4 aromatic rings. The average molecular weight is 393 g/mol. The molecule has 0 saturated carbocycles. The molecule has 0 radical (unpaired) electrons. The van der Waals surface area contributed by atoms with E-state index in [-0.39, 0.29) is 12.4 Å². The van der Waals surface area contributed by atoms with Gasteiger partial charge in [0.1, 0.15) is 35.2 Å². The molecular weight excluding hydrogens is 371 g/mol. The Bertz CT molecular complexity index is 872. The van der Waals surface area contributed by atoms with Crippen LogP contribution >= 0.6 is 7.26 Å². The lowest BCUT2D eigenvalue weighted by Crippen LogP contribution is -3.00. The quantitative estimate of drug-likeness (QED) is 0.462. The summed E-state index contributed by atoms with van der Waals surface area (Å²) in [6, 6.07) is 32.8. The van der Waals surface area contributed by atoms with Crippen molar-refractivity contribution in [3.63, 3.8) is 0 Å². The Morgan fingerprint density at radius 2 is 1.11 bits per heavy atom. The molecule has 0 N–H and O–H groups in total. The molecule has 0 atom stereocenters. The molecule has 0 aliphatic heterocycles. The molecular formula is C23H22ClN2P. The van der Waals surface area contributed by atoms with Gasteiger partial charge in [0.05, 0.1) is 0 Å². The third-order valence-corrected chi connectivity index (χ3v) is 9.19. The Balaban J connectivity index is 0.00000210. The van der Waals surface area contributed by atoms with Gasteiger partial charge in [-0.3, -0.25) is 0 Å². The van der Waals surface area contributed by atoms with Crippen molar-refractivity contribution < 1.29 is 12.4 Å². The minimum atomic E-state index is -1.85. The highest BCUT2D eigenvalue weighted by Gasteiger charge is 2.46. The van der Waals surface area contributed by atoms with Crippen molar-refractivity contribution in [1.29, 1.82) is 0 Å². The van der Waals surface area contributed by atoms with E-state index in [1.54, 1.807) is 0 Å². The van der Waals surface area contributed by atoms with Crippen LogP contribution in [-0.4, -0.2) is 9.55 Å². The van der Waals surface area contributed by atoms with Gasteiger partial charge in [-0.15, -0.1) is 0 Å². The first-order valence-corrected chi connectivity index (χ1v) is 10.8. The number of imidazole rings is 1. The van der Waals surface area contributed by atoms with Gasteiger partial charge in [-0.05, 0) is 36.4 Å². The lowest BCUT2D eigenvalue weighted by molar-refractivity contribution is -0.00000523. The Labute approximate surface area is 167 Å². The van der Waals surface area contributed by atoms with Gasteiger partial charge in [-0.1, -0.05) is 54.6 Å². The first kappa shape index (κ1) is 19.4. The Morgan fingerprint density at radius 1 is 0.704 bits per heavy atom. The van der Waals surface area contributed by atoms with Gasteiger partial charge in [0.15, 0.2) is 0 Å². The molecule has 1 heterocycles. The van der Waals surface area contributed by atoms with Gasteiger partial charge in [-0.25, -0.2) is 4.98 Å². The number of rotatable bonds is 5. The van der Waals surface area contributed by atoms with E-state index in [1.807, 2.05) is 12.4 Å². The van der Waals surface area contributed by atoms with E-state index in [0.29, 0.717) is 0 Å². The highest BCUT2D eigenvalue weighted by molar-refractivity contribution is 7.95. The smallest absolute Gasteiger partial charge is 0.147 e. The lowest BCUT2D eigenvalue weighted by atomic mass is 10.4. The van der Waals surface area contributed by atoms with E-state index in [2.05, 4.69) is 108 Å². The van der Waals surface area contributed by atoms with E-state index in [4.69, 9.17) is 0 Å². The molecule has 0 saturated heterocycles. The van der Waals surface area contributed by atoms with Crippen molar-refractivity contribution in [2.75, 3.05) is 0 Å². The SMILES string of the molecule is Cn1ccnc1C[P+](c1ccccc1)(c1ccccc1)c1ccccc1.[Cl-]. The summed E-state index contributed by atoms with van der Waals surface area (Å²) in [6.07, 6.45) is 4.84. The summed E-state index contributed by atoms with van der Waals surface area (Å²) in [5.41, 5.74) is 0. The lowest BCUT2D eigenvalue weighted by Gasteiger charge is -2.27. The van der Waals surface area contributed by atoms with Crippen LogP contribution < -0.4 is 28.3 Å². The second kappa shape index (κ2) is 8.52. The van der Waals surface area contributed by atoms with Crippen LogP contribution in [0.15, 0.2) is 103 Å². The van der Waals surface area contributed by atoms with E-state index in [1.165, 1.54) is 15.9 Å². The molecule has 0 fully saturated rings. The van der Waals surface area contributed by atoms with Crippen molar-refractivity contribution in [3.05, 3.63) is 109 Å². The molecule has 136 valence electrons. The minimum Gasteiger partial charge on any atom is -1.00 e. The van der Waals surface area contributed by atoms with Crippen molar-refractivity contribution in [3.8, 4) is 0 Å². The fraction of sp³-hybridized carbons (Fsp3) is 0.0870. The second-order valence-electron chi connectivity index (χ2n) is 6.43. The average Bonchev–Trinajstić information content (AvgIpc) is 3.12. The zero-order chi connectivity index (χ0) is 17.8. The molecule has 27 heavy (non-hydrogen) atoms. The Kier molecular flexibility index (Phi) is 6.11. The molecule has 3 aromatic carbocycles. The topological polar surface area (TPSA) is 17.8 Å². The molecule has 0 unspecified atom stereocenters. The predicted molar refractivity (Wildman–Crippen MR) is 112 cm³/mol. The molecule has 0 amide bonds. The number of nitrogens with zero attached hydrogens (tertiary/aromatic N) is 2. The van der Waals surface area contributed by atoms with Crippen LogP contribution in [0.5, 0.6) is 0 Å². The molecule has 0 aliphatic rings. The normalized spacial score (nSPS) is 11.0. The summed E-state index contributed by atoms with van der Waals surface area (Å²) in [5, 5.41) is 4.17. The zero-order valence-electron chi connectivity index (χ0n) is 15.2. The standard InChI is InChI=1S/C23H22N2P.ClH/c1-25-18-17-24-23(25)19-26(20-11-5-2-6-12-20,21-13-7-3-8-14-21)22-15-9-4-10-16-22;/h2-18H,19H2,1H3;1H/q+1;/p-1. The van der Waals surface area contributed by atoms with Crippen LogP contribution in [0.3, 0.4) is 0 Å². The number of halogens is 1. The van der Waals surface area contributed by atoms with Crippen LogP contribution in [0, 0.1) is 0 Å². The maximum absolute atomic E-state index is 4.67. The number of hydrogen-bond acceptors (Lipinski definition) is 1. The van der Waals surface area contributed by atoms with Crippen molar-refractivity contribution in [1.82, 2.24) is 9.55 Å². The molecule has 4 rings (SSSR count). The van der Waals surface area contributed by atoms with E-state index >= 15 is 0 Å². The molecule has 4 heteroatoms. The Morgan fingerprint density at radius 3 is 1.44 bits per heavy atom. The van der Waals surface area contributed by atoms with Gasteiger partial charge >= 0.3 is 0 Å². The summed E-state index contributed by atoms with van der Waals surface area (Å²) in [7, 11) is 0.229. The molecule has 2 nitrogen and oxygen atoms in total. The highest BCUT2D eigenvalue weighted by Crippen LogP contribution is 2.57. The predicted octanol–water partition coefficient (Wildman–Crippen LogP) is 0.918. The number of benzene rings is 3. The fourth-order valence-corrected chi connectivity index (χ4v) is 7.74. The minimum absolute atomic E-state index is 0. The van der Waals surface area contributed by atoms with E-state index in [9.17, 15) is 0 Å². The summed E-state index contributed by atoms with van der Waals surface area (Å²) in [4.78, 5) is 4.67. The van der Waals surface area contributed by atoms with Gasteiger partial charge in [-0.2, -0.15) is 0 Å². The summed E-state index contributed by atoms with van der Waals surface area (Å²) in [5.74, 6) is 1.12. The number of aryl methyl sites for hydroxylation is 1. The van der Waals surface area contributed by atoms with Crippen LogP contribution in [0.25, 0.3) is 0 Å². The van der Waals surface area contributed by atoms with Gasteiger partial charge in [0, 0.05) is 19.4 Å².